The van der Waals surface area contributed by atoms with Crippen molar-refractivity contribution in [3.8, 4) is 5.75 Å². The number of alkyl carbamates (subject to hydrolysis) is 1. The van der Waals surface area contributed by atoms with Crippen molar-refractivity contribution >= 4 is 23.6 Å². The van der Waals surface area contributed by atoms with Gasteiger partial charge in [0.1, 0.15) is 11.4 Å². The third-order valence-electron chi connectivity index (χ3n) is 4.99. The van der Waals surface area contributed by atoms with Crippen molar-refractivity contribution in [1.29, 1.82) is 0 Å². The van der Waals surface area contributed by atoms with Crippen molar-refractivity contribution in [2.45, 2.75) is 64.1 Å². The minimum absolute atomic E-state index is 0.00600. The van der Waals surface area contributed by atoms with Gasteiger partial charge in [-0.3, -0.25) is 4.79 Å². The van der Waals surface area contributed by atoms with Crippen molar-refractivity contribution in [3.63, 3.8) is 0 Å². The molecule has 148 valence electrons. The van der Waals surface area contributed by atoms with Gasteiger partial charge in [0.2, 0.25) is 0 Å². The standard InChI is InChI=1S/C20H27ClN2O4/c1-19(2,3)27-18(25)23-15-10-20(11-15)8-14(9-20)22-17(24)12-26-16-6-4-13(21)5-7-16/h4-7,14-15H,8-12H2,1-3H3,(H,22,24)(H,23,25). The molecule has 0 aliphatic heterocycles. The van der Waals surface area contributed by atoms with Crippen LogP contribution in [-0.4, -0.2) is 36.3 Å². The van der Waals surface area contributed by atoms with E-state index in [-0.39, 0.29) is 36.1 Å². The fourth-order valence-electron chi connectivity index (χ4n) is 3.93. The number of hydrogen-bond acceptors (Lipinski definition) is 4. The number of nitrogens with one attached hydrogen (secondary N) is 2. The van der Waals surface area contributed by atoms with E-state index in [4.69, 9.17) is 21.1 Å². The van der Waals surface area contributed by atoms with E-state index < -0.39 is 5.60 Å². The topological polar surface area (TPSA) is 76.7 Å². The van der Waals surface area contributed by atoms with E-state index in [9.17, 15) is 9.59 Å². The lowest BCUT2D eigenvalue weighted by molar-refractivity contribution is -0.126. The molecule has 1 aromatic carbocycles. The molecule has 0 saturated heterocycles. The predicted molar refractivity (Wildman–Crippen MR) is 103 cm³/mol. The Kier molecular flexibility index (Phi) is 5.56. The first-order valence-corrected chi connectivity index (χ1v) is 9.68. The average molecular weight is 395 g/mol. The minimum atomic E-state index is -0.481. The molecule has 27 heavy (non-hydrogen) atoms. The van der Waals surface area contributed by atoms with Gasteiger partial charge < -0.3 is 20.1 Å². The number of ether oxygens (including phenoxy) is 2. The van der Waals surface area contributed by atoms with Crippen molar-refractivity contribution in [1.82, 2.24) is 10.6 Å². The summed E-state index contributed by atoms with van der Waals surface area (Å²) < 4.78 is 10.7. The molecule has 1 spiro atoms. The predicted octanol–water partition coefficient (Wildman–Crippen LogP) is 3.67. The summed E-state index contributed by atoms with van der Waals surface area (Å²) in [4.78, 5) is 23.8. The molecule has 2 fully saturated rings. The van der Waals surface area contributed by atoms with Crippen molar-refractivity contribution in [2.24, 2.45) is 5.41 Å². The maximum Gasteiger partial charge on any atom is 0.407 e. The van der Waals surface area contributed by atoms with Gasteiger partial charge >= 0.3 is 6.09 Å². The van der Waals surface area contributed by atoms with Gasteiger partial charge in [-0.05, 0) is 76.1 Å². The lowest BCUT2D eigenvalue weighted by atomic mass is 9.52. The minimum Gasteiger partial charge on any atom is -0.484 e. The van der Waals surface area contributed by atoms with Crippen LogP contribution in [0, 0.1) is 5.41 Å². The van der Waals surface area contributed by atoms with Crippen molar-refractivity contribution in [3.05, 3.63) is 29.3 Å². The Bertz CT molecular complexity index is 685. The molecule has 0 atom stereocenters. The summed E-state index contributed by atoms with van der Waals surface area (Å²) >= 11 is 5.82. The van der Waals surface area contributed by atoms with Gasteiger partial charge in [0.25, 0.3) is 5.91 Å². The summed E-state index contributed by atoms with van der Waals surface area (Å²) in [5.41, 5.74) is -0.222. The highest BCUT2D eigenvalue weighted by Crippen LogP contribution is 2.55. The van der Waals surface area contributed by atoms with Crippen LogP contribution in [0.25, 0.3) is 0 Å². The Labute approximate surface area is 164 Å². The van der Waals surface area contributed by atoms with E-state index in [1.165, 1.54) is 0 Å². The van der Waals surface area contributed by atoms with E-state index in [1.807, 2.05) is 20.8 Å². The molecule has 0 aromatic heterocycles. The largest absolute Gasteiger partial charge is 0.484 e. The van der Waals surface area contributed by atoms with Gasteiger partial charge in [0.15, 0.2) is 6.61 Å². The van der Waals surface area contributed by atoms with Crippen LogP contribution < -0.4 is 15.4 Å². The Morgan fingerprint density at radius 2 is 1.63 bits per heavy atom. The monoisotopic (exact) mass is 394 g/mol. The third-order valence-corrected chi connectivity index (χ3v) is 5.24. The highest BCUT2D eigenvalue weighted by molar-refractivity contribution is 6.30. The molecule has 2 aliphatic rings. The average Bonchev–Trinajstić information content (AvgIpc) is 2.48. The smallest absolute Gasteiger partial charge is 0.407 e. The number of carbonyl (C=O) groups is 2. The molecular weight excluding hydrogens is 368 g/mol. The number of hydrogen-bond donors (Lipinski definition) is 2. The molecule has 7 heteroatoms. The highest BCUT2D eigenvalue weighted by Gasteiger charge is 2.53. The van der Waals surface area contributed by atoms with Gasteiger partial charge in [-0.25, -0.2) is 4.79 Å². The Morgan fingerprint density at radius 1 is 1.07 bits per heavy atom. The fourth-order valence-corrected chi connectivity index (χ4v) is 4.06. The number of rotatable bonds is 5. The fraction of sp³-hybridized carbons (Fsp3) is 0.600. The number of amides is 2. The van der Waals surface area contributed by atoms with E-state index in [0.717, 1.165) is 25.7 Å². The Hall–Kier alpha value is -1.95. The lowest BCUT2D eigenvalue weighted by Gasteiger charge is -2.57. The zero-order chi connectivity index (χ0) is 19.7. The first-order chi connectivity index (χ1) is 12.6. The second-order valence-corrected chi connectivity index (χ2v) is 9.10. The summed E-state index contributed by atoms with van der Waals surface area (Å²) in [5.74, 6) is 0.502. The molecule has 3 rings (SSSR count). The van der Waals surface area contributed by atoms with Gasteiger partial charge in [0, 0.05) is 17.1 Å². The lowest BCUT2D eigenvalue weighted by Crippen LogP contribution is -2.61. The second-order valence-electron chi connectivity index (χ2n) is 8.67. The van der Waals surface area contributed by atoms with Crippen LogP contribution in [0.15, 0.2) is 24.3 Å². The molecule has 2 aliphatic carbocycles. The van der Waals surface area contributed by atoms with Crippen LogP contribution in [0.2, 0.25) is 5.02 Å². The molecule has 0 heterocycles. The van der Waals surface area contributed by atoms with Crippen LogP contribution in [0.4, 0.5) is 4.79 Å². The second kappa shape index (κ2) is 7.58. The number of halogens is 1. The summed E-state index contributed by atoms with van der Waals surface area (Å²) in [5, 5.41) is 6.55. The summed E-state index contributed by atoms with van der Waals surface area (Å²) in [6.45, 7) is 5.55. The molecule has 2 amide bonds. The van der Waals surface area contributed by atoms with Crippen LogP contribution in [0.1, 0.15) is 46.5 Å². The number of carbonyl (C=O) groups excluding carboxylic acids is 2. The Balaban J connectivity index is 1.31. The third kappa shape index (κ3) is 5.51. The van der Waals surface area contributed by atoms with Gasteiger partial charge in [0.05, 0.1) is 0 Å². The zero-order valence-electron chi connectivity index (χ0n) is 16.0. The molecule has 0 bridgehead atoms. The molecular formula is C20H27ClN2O4. The maximum absolute atomic E-state index is 12.0. The van der Waals surface area contributed by atoms with E-state index >= 15 is 0 Å². The van der Waals surface area contributed by atoms with Crippen LogP contribution in [0.5, 0.6) is 5.75 Å². The quantitative estimate of drug-likeness (QED) is 0.798. The zero-order valence-corrected chi connectivity index (χ0v) is 16.8. The molecule has 0 unspecified atom stereocenters. The Morgan fingerprint density at radius 3 is 2.19 bits per heavy atom. The van der Waals surface area contributed by atoms with E-state index in [2.05, 4.69) is 10.6 Å². The van der Waals surface area contributed by atoms with E-state index in [1.54, 1.807) is 24.3 Å². The summed E-state index contributed by atoms with van der Waals surface area (Å²) in [6, 6.07) is 7.28. The van der Waals surface area contributed by atoms with Crippen LogP contribution in [0.3, 0.4) is 0 Å². The SMILES string of the molecule is CC(C)(C)OC(=O)NC1CC2(CC(NC(=O)COc3ccc(Cl)cc3)C2)C1. The molecule has 0 radical (unpaired) electrons. The van der Waals surface area contributed by atoms with E-state index in [0.29, 0.717) is 10.8 Å². The number of benzene rings is 1. The molecule has 2 N–H and O–H groups in total. The highest BCUT2D eigenvalue weighted by atomic mass is 35.5. The normalized spacial score (nSPS) is 26.5. The maximum atomic E-state index is 12.0. The molecule has 2 saturated carbocycles. The van der Waals surface area contributed by atoms with Crippen molar-refractivity contribution in [2.75, 3.05) is 6.61 Å². The van der Waals surface area contributed by atoms with Gasteiger partial charge in [-0.2, -0.15) is 0 Å². The molecule has 1 aromatic rings. The first-order valence-electron chi connectivity index (χ1n) is 9.30. The first kappa shape index (κ1) is 19.8. The van der Waals surface area contributed by atoms with Crippen LogP contribution in [-0.2, 0) is 9.53 Å². The summed E-state index contributed by atoms with van der Waals surface area (Å²) in [7, 11) is 0. The van der Waals surface area contributed by atoms with Crippen LogP contribution >= 0.6 is 11.6 Å². The van der Waals surface area contributed by atoms with Gasteiger partial charge in [-0.1, -0.05) is 11.6 Å². The summed E-state index contributed by atoms with van der Waals surface area (Å²) in [6.07, 6.45) is 3.43. The molecule has 6 nitrogen and oxygen atoms in total. The van der Waals surface area contributed by atoms with Gasteiger partial charge in [-0.15, -0.1) is 0 Å². The van der Waals surface area contributed by atoms with Crippen molar-refractivity contribution < 1.29 is 19.1 Å².